The fraction of sp³-hybridized carbons (Fsp3) is 0.455. The molecule has 1 unspecified atom stereocenters. The normalized spacial score (nSPS) is 13.6. The second-order valence-corrected chi connectivity index (χ2v) is 6.17. The van der Waals surface area contributed by atoms with Gasteiger partial charge in [0.25, 0.3) is 0 Å². The van der Waals surface area contributed by atoms with Gasteiger partial charge in [0, 0.05) is 13.7 Å². The maximum Gasteiger partial charge on any atom is 0.240 e. The molecule has 0 fully saturated rings. The topological polar surface area (TPSA) is 55.4 Å². The van der Waals surface area contributed by atoms with Gasteiger partial charge in [0.2, 0.25) is 10.0 Å². The number of benzene rings is 1. The van der Waals surface area contributed by atoms with Crippen LogP contribution >= 0.6 is 11.6 Å². The predicted molar refractivity (Wildman–Crippen MR) is 67.8 cm³/mol. The van der Waals surface area contributed by atoms with E-state index in [0.717, 1.165) is 6.07 Å². The molecule has 0 saturated carbocycles. The first-order valence-corrected chi connectivity index (χ1v) is 7.17. The highest BCUT2D eigenvalue weighted by atomic mass is 35.5. The Balaban J connectivity index is 2.83. The van der Waals surface area contributed by atoms with Crippen molar-refractivity contribution in [1.82, 2.24) is 4.72 Å². The van der Waals surface area contributed by atoms with Gasteiger partial charge in [0.15, 0.2) is 0 Å². The largest absolute Gasteiger partial charge is 0.383 e. The molecule has 7 heteroatoms. The van der Waals surface area contributed by atoms with Gasteiger partial charge in [-0.2, -0.15) is 0 Å². The molecule has 1 rings (SSSR count). The van der Waals surface area contributed by atoms with Crippen LogP contribution in [0.4, 0.5) is 4.39 Å². The third kappa shape index (κ3) is 4.20. The molecule has 1 N–H and O–H groups in total. The van der Waals surface area contributed by atoms with Crippen molar-refractivity contribution in [2.75, 3.05) is 20.3 Å². The third-order valence-electron chi connectivity index (χ3n) is 2.28. The number of ether oxygens (including phenoxy) is 1. The molecule has 1 aromatic rings. The molecule has 0 heterocycles. The molecule has 102 valence electrons. The number of halogens is 2. The molecule has 1 aromatic carbocycles. The van der Waals surface area contributed by atoms with Crippen molar-refractivity contribution >= 4 is 21.6 Å². The summed E-state index contributed by atoms with van der Waals surface area (Å²) in [5, 5.41) is -0.473. The lowest BCUT2D eigenvalue weighted by atomic mass is 10.2. The van der Waals surface area contributed by atoms with Crippen LogP contribution < -0.4 is 4.72 Å². The maximum atomic E-state index is 13.1. The van der Waals surface area contributed by atoms with E-state index in [-0.39, 0.29) is 18.0 Å². The number of rotatable bonds is 6. The van der Waals surface area contributed by atoms with E-state index in [2.05, 4.69) is 4.72 Å². The number of sulfonamides is 1. The van der Waals surface area contributed by atoms with Gasteiger partial charge in [-0.1, -0.05) is 6.07 Å². The molecule has 0 bridgehead atoms. The van der Waals surface area contributed by atoms with Crippen LogP contribution in [0.1, 0.15) is 5.56 Å². The highest BCUT2D eigenvalue weighted by molar-refractivity contribution is 7.89. The van der Waals surface area contributed by atoms with Crippen LogP contribution in [0.5, 0.6) is 0 Å². The van der Waals surface area contributed by atoms with Gasteiger partial charge in [0.05, 0.1) is 16.9 Å². The lowest BCUT2D eigenvalue weighted by Crippen LogP contribution is -2.32. The van der Waals surface area contributed by atoms with E-state index in [4.69, 9.17) is 16.3 Å². The third-order valence-corrected chi connectivity index (χ3v) is 4.13. The molecule has 0 aliphatic carbocycles. The number of hydrogen-bond acceptors (Lipinski definition) is 3. The second-order valence-electron chi connectivity index (χ2n) is 3.81. The Morgan fingerprint density at radius 2 is 2.17 bits per heavy atom. The van der Waals surface area contributed by atoms with E-state index in [0.29, 0.717) is 5.56 Å². The molecule has 1 atom stereocenters. The van der Waals surface area contributed by atoms with Crippen molar-refractivity contribution < 1.29 is 17.5 Å². The van der Waals surface area contributed by atoms with Crippen LogP contribution in [0.3, 0.4) is 0 Å². The van der Waals surface area contributed by atoms with Gasteiger partial charge >= 0.3 is 0 Å². The fourth-order valence-electron chi connectivity index (χ4n) is 1.38. The summed E-state index contributed by atoms with van der Waals surface area (Å²) in [7, 11) is -2.28. The summed E-state index contributed by atoms with van der Waals surface area (Å²) in [6.45, 7) is 1.85. The average molecular weight is 296 g/mol. The van der Waals surface area contributed by atoms with Crippen LogP contribution in [0.15, 0.2) is 23.1 Å². The lowest BCUT2D eigenvalue weighted by molar-refractivity contribution is 0.198. The summed E-state index contributed by atoms with van der Waals surface area (Å²) in [4.78, 5) is -0.0798. The molecule has 0 radical (unpaired) electrons. The Hall–Kier alpha value is -0.690. The van der Waals surface area contributed by atoms with Crippen LogP contribution in [0.2, 0.25) is 0 Å². The molecule has 0 spiro atoms. The van der Waals surface area contributed by atoms with Crippen LogP contribution in [0.25, 0.3) is 0 Å². The number of methoxy groups -OCH3 is 1. The smallest absolute Gasteiger partial charge is 0.240 e. The van der Waals surface area contributed by atoms with Crippen LogP contribution in [0, 0.1) is 12.7 Å². The quantitative estimate of drug-likeness (QED) is 0.812. The monoisotopic (exact) mass is 295 g/mol. The van der Waals surface area contributed by atoms with Crippen molar-refractivity contribution in [2.24, 2.45) is 0 Å². The first kappa shape index (κ1) is 15.4. The van der Waals surface area contributed by atoms with Gasteiger partial charge in [-0.15, -0.1) is 11.6 Å². The fourth-order valence-corrected chi connectivity index (χ4v) is 3.01. The zero-order chi connectivity index (χ0) is 13.8. The molecular formula is C11H15ClFNO3S. The molecule has 18 heavy (non-hydrogen) atoms. The van der Waals surface area contributed by atoms with Gasteiger partial charge in [-0.3, -0.25) is 0 Å². The van der Waals surface area contributed by atoms with E-state index in [9.17, 15) is 12.8 Å². The second kappa shape index (κ2) is 6.47. The molecule has 0 aliphatic rings. The SMILES string of the molecule is COCC(Cl)CNS(=O)(=O)c1cc(F)ccc1C. The maximum absolute atomic E-state index is 13.1. The van der Waals surface area contributed by atoms with Gasteiger partial charge in [0.1, 0.15) is 5.82 Å². The summed E-state index contributed by atoms with van der Waals surface area (Å²) in [6, 6.07) is 3.61. The van der Waals surface area contributed by atoms with Crippen molar-refractivity contribution in [3.63, 3.8) is 0 Å². The zero-order valence-electron chi connectivity index (χ0n) is 10.1. The number of hydrogen-bond donors (Lipinski definition) is 1. The van der Waals surface area contributed by atoms with E-state index >= 15 is 0 Å². The summed E-state index contributed by atoms with van der Waals surface area (Å²) in [5.41, 5.74) is 0.474. The van der Waals surface area contributed by atoms with Crippen LogP contribution in [-0.4, -0.2) is 34.1 Å². The van der Waals surface area contributed by atoms with Crippen molar-refractivity contribution in [2.45, 2.75) is 17.2 Å². The van der Waals surface area contributed by atoms with E-state index in [1.165, 1.54) is 19.2 Å². The summed E-state index contributed by atoms with van der Waals surface area (Å²) < 4.78 is 44.0. The van der Waals surface area contributed by atoms with Crippen LogP contribution in [-0.2, 0) is 14.8 Å². The van der Waals surface area contributed by atoms with E-state index in [1.54, 1.807) is 6.92 Å². The molecule has 0 aromatic heterocycles. The first-order valence-electron chi connectivity index (χ1n) is 5.25. The summed E-state index contributed by atoms with van der Waals surface area (Å²) in [5.74, 6) is -0.597. The standard InChI is InChI=1S/C11H15ClFNO3S/c1-8-3-4-10(13)5-11(8)18(15,16)14-6-9(12)7-17-2/h3-5,9,14H,6-7H2,1-2H3. The number of aryl methyl sites for hydroxylation is 1. The Labute approximate surface area is 111 Å². The minimum atomic E-state index is -3.76. The molecule has 4 nitrogen and oxygen atoms in total. The Bertz CT molecular complexity index is 507. The summed E-state index contributed by atoms with van der Waals surface area (Å²) >= 11 is 5.82. The van der Waals surface area contributed by atoms with Gasteiger partial charge in [-0.05, 0) is 24.6 Å². The molecule has 0 aliphatic heterocycles. The molecular weight excluding hydrogens is 281 g/mol. The van der Waals surface area contributed by atoms with Crippen molar-refractivity contribution in [3.8, 4) is 0 Å². The highest BCUT2D eigenvalue weighted by Crippen LogP contribution is 2.16. The van der Waals surface area contributed by atoms with Gasteiger partial charge in [-0.25, -0.2) is 17.5 Å². The average Bonchev–Trinajstić information content (AvgIpc) is 2.30. The number of alkyl halides is 1. The molecule has 0 amide bonds. The minimum absolute atomic E-state index is 0.0215. The van der Waals surface area contributed by atoms with E-state index < -0.39 is 21.2 Å². The summed E-state index contributed by atoms with van der Waals surface area (Å²) in [6.07, 6.45) is 0. The Kier molecular flexibility index (Phi) is 5.52. The minimum Gasteiger partial charge on any atom is -0.383 e. The van der Waals surface area contributed by atoms with E-state index in [1.807, 2.05) is 0 Å². The first-order chi connectivity index (χ1) is 8.36. The predicted octanol–water partition coefficient (Wildman–Crippen LogP) is 1.67. The zero-order valence-corrected chi connectivity index (χ0v) is 11.7. The number of nitrogens with one attached hydrogen (secondary N) is 1. The van der Waals surface area contributed by atoms with Crippen molar-refractivity contribution in [3.05, 3.63) is 29.6 Å². The lowest BCUT2D eigenvalue weighted by Gasteiger charge is -2.12. The highest BCUT2D eigenvalue weighted by Gasteiger charge is 2.18. The Morgan fingerprint density at radius 3 is 2.78 bits per heavy atom. The molecule has 0 saturated heterocycles. The van der Waals surface area contributed by atoms with Gasteiger partial charge < -0.3 is 4.74 Å². The Morgan fingerprint density at radius 1 is 1.50 bits per heavy atom. The van der Waals surface area contributed by atoms with Crippen molar-refractivity contribution in [1.29, 1.82) is 0 Å².